The van der Waals surface area contributed by atoms with Gasteiger partial charge in [-0.15, -0.1) is 71.0 Å². The van der Waals surface area contributed by atoms with Crippen LogP contribution in [0.15, 0.2) is 329 Å². The molecule has 0 spiro atoms. The summed E-state index contributed by atoms with van der Waals surface area (Å²) >= 11 is 13.9. The maximum absolute atomic E-state index is 5.36. The number of tetrazole rings is 3. The topological polar surface area (TPSA) is 587 Å². The van der Waals surface area contributed by atoms with E-state index in [9.17, 15) is 0 Å². The number of fused-ring (bicyclic) bond motifs is 9. The van der Waals surface area contributed by atoms with E-state index in [1.165, 1.54) is 160 Å². The van der Waals surface area contributed by atoms with Crippen molar-refractivity contribution in [3.05, 3.63) is 253 Å². The Morgan fingerprint density at radius 1 is 0.282 bits per heavy atom. The summed E-state index contributed by atoms with van der Waals surface area (Å²) in [4.78, 5) is 126. The minimum absolute atomic E-state index is 0.505. The molecule has 2 saturated carbocycles. The van der Waals surface area contributed by atoms with Crippen LogP contribution < -0.4 is 0 Å². The van der Waals surface area contributed by atoms with Gasteiger partial charge in [0.2, 0.25) is 15.5 Å². The second kappa shape index (κ2) is 52.6. The van der Waals surface area contributed by atoms with Crippen LogP contribution in [0.4, 0.5) is 0 Å². The van der Waals surface area contributed by atoms with Crippen LogP contribution in [0, 0.1) is 0 Å². The zero-order valence-electron chi connectivity index (χ0n) is 78.9. The third kappa shape index (κ3) is 28.0. The Morgan fingerprint density at radius 3 is 0.899 bits per heavy atom. The number of ether oxygens (including phenoxy) is 1. The zero-order chi connectivity index (χ0) is 101. The van der Waals surface area contributed by atoms with E-state index < -0.39 is 0 Å². The first-order valence-electron chi connectivity index (χ1n) is 45.8. The Bertz CT molecular complexity index is 7730. The molecule has 0 unspecified atom stereocenters. The molecule has 0 radical (unpaired) electrons. The van der Waals surface area contributed by atoms with Crippen molar-refractivity contribution in [2.75, 3.05) is 13.2 Å². The molecular weight excluding hydrogens is 2070 g/mol. The van der Waals surface area contributed by atoms with Crippen LogP contribution in [0.5, 0.6) is 0 Å². The number of rotatable bonds is 18. The second-order valence-electron chi connectivity index (χ2n) is 31.3. The molecule has 0 aromatic carbocycles. The Hall–Kier alpha value is -15.7. The summed E-state index contributed by atoms with van der Waals surface area (Å²) in [7, 11) is 5.62. The maximum atomic E-state index is 5.36. The van der Waals surface area contributed by atoms with Crippen molar-refractivity contribution in [3.8, 4) is 0 Å². The van der Waals surface area contributed by atoms with Crippen LogP contribution in [-0.4, -0.2) is 259 Å². The van der Waals surface area contributed by atoms with Gasteiger partial charge in [0.1, 0.15) is 158 Å². The minimum atomic E-state index is 0.505. The molecule has 27 rings (SSSR count). The van der Waals surface area contributed by atoms with E-state index in [4.69, 9.17) is 4.74 Å². The van der Waals surface area contributed by atoms with Crippen molar-refractivity contribution in [3.63, 3.8) is 0 Å². The van der Waals surface area contributed by atoms with E-state index in [2.05, 4.69) is 216 Å². The number of aromatic amines is 3. The maximum Gasteiger partial charge on any atom is 0.237 e. The van der Waals surface area contributed by atoms with Gasteiger partial charge >= 0.3 is 0 Å². The summed E-state index contributed by atoms with van der Waals surface area (Å²) in [6.45, 7) is 1.71. The summed E-state index contributed by atoms with van der Waals surface area (Å²) < 4.78 is 10.7. The molecule has 0 amide bonds. The number of thioether (sulfide) groups is 3. The standard InChI is InChI=1S/C13H15N3S.C12H13N3OS.C12H13N3S.C11H9N5S.C10H8N6S.C10H7N5S.C9H7N7S.2C8H5N7S/c1-2-5-10(6-3-1)17-13-12-11(15-9-16-13)7-4-8-14-12;1-2-10-11(13-5-1)12(15-8-14-10)17-9-3-6-16-7-4-9;1-2-5-9(4-1)16-12-11-10(14-8-15-12)6-3-7-13-11;1-16-6-5-13-11(16)17-10-9-8(14-7-15-10)3-2-4-12-9;1-16-6-14-15-10(16)17-9-8-7(12-5-13-9)3-2-4-11-8;1-2-7-8(11-3-1)9(15-6-14-7)16-10-12-4-5-13-10;1-16-9(13-14-15-16)17-8-7-6(11-5-12-8)3-2-4-10-7;2*1-2-5-6(9-3-1)7(11-4-10-5)16-8-12-14-15-13-8/h4,7-10H,1-3,5-6H2;1-2,5,8-9H,3-4,6-7H2;3,6-9H,1-2,4-5H2;2-7H,1H3;2-6H,1H3;1-6H,(H,12,13);2-5H,1H3;2*1-4H,(H,12,13,14,15). The van der Waals surface area contributed by atoms with Crippen molar-refractivity contribution in [1.82, 2.24) is 230 Å². The molecule has 1 saturated heterocycles. The fourth-order valence-electron chi connectivity index (χ4n) is 14.3. The van der Waals surface area contributed by atoms with Crippen LogP contribution in [0.1, 0.15) is 70.6 Å². The van der Waals surface area contributed by atoms with Gasteiger partial charge in [-0.3, -0.25) is 44.9 Å². The number of pyridine rings is 9. The molecule has 24 aromatic heterocycles. The SMILES string of the molecule is Cn1ccnc1Sc1ncnc2cccnc12.Cn1cnnc1Sc1ncnc2cccnc12.Cn1nnnc1Sc1ncnc2cccnc12.c1cnc2c(SC3CCCC3)ncnc2c1.c1cnc2c(SC3CCCCC3)ncnc2c1.c1cnc2c(SC3CCOCC3)ncnc2c1.c1cnc2c(Sc3ncc[nH]3)ncnc2c1.c1cnc2c(Sc3nn[nH]n3)ncnc2c1.c1cnc2c(Sc3nn[nH]n3)ncnc2c1. The Morgan fingerprint density at radius 2 is 0.597 bits per heavy atom. The van der Waals surface area contributed by atoms with Gasteiger partial charge < -0.3 is 18.9 Å². The molecule has 0 atom stereocenters. The summed E-state index contributed by atoms with van der Waals surface area (Å²) in [5.74, 6) is 0. The summed E-state index contributed by atoms with van der Waals surface area (Å²) in [5.41, 5.74) is 15.1. The first-order chi connectivity index (χ1) is 73.6. The lowest BCUT2D eigenvalue weighted by Gasteiger charge is -2.21. The summed E-state index contributed by atoms with van der Waals surface area (Å²) in [6, 6.07) is 34.2. The molecule has 47 nitrogen and oxygen atoms in total. The van der Waals surface area contributed by atoms with Gasteiger partial charge in [-0.05, 0) is 239 Å². The molecular formula is C93H82N46OS9. The average molecular weight is 2150 g/mol. The molecule has 0 bridgehead atoms. The highest BCUT2D eigenvalue weighted by molar-refractivity contribution is 8.01. The fourth-order valence-corrected chi connectivity index (χ4v) is 22.6. The second-order valence-corrected chi connectivity index (χ2v) is 40.9. The van der Waals surface area contributed by atoms with Gasteiger partial charge in [0.25, 0.3) is 0 Å². The highest BCUT2D eigenvalue weighted by Crippen LogP contribution is 2.40. The first-order valence-corrected chi connectivity index (χ1v) is 53.3. The van der Waals surface area contributed by atoms with Crippen molar-refractivity contribution >= 4 is 205 Å². The van der Waals surface area contributed by atoms with Crippen molar-refractivity contribution < 1.29 is 4.74 Å². The van der Waals surface area contributed by atoms with Gasteiger partial charge in [0, 0.05) is 131 Å². The number of hydrogen-bond acceptors (Lipinski definition) is 50. The number of aromatic nitrogens is 46. The van der Waals surface area contributed by atoms with E-state index in [-0.39, 0.29) is 0 Å². The highest BCUT2D eigenvalue weighted by Gasteiger charge is 2.24. The molecule has 3 aliphatic rings. The van der Waals surface area contributed by atoms with Gasteiger partial charge in [-0.1, -0.05) is 32.1 Å². The van der Waals surface area contributed by atoms with E-state index in [1.54, 1.807) is 117 Å². The first kappa shape index (κ1) is 102. The minimum Gasteiger partial charge on any atom is -0.381 e. The highest BCUT2D eigenvalue weighted by atomic mass is 32.2. The number of nitrogens with zero attached hydrogens (tertiary/aromatic N) is 43. The Kier molecular flexibility index (Phi) is 35.9. The van der Waals surface area contributed by atoms with Crippen molar-refractivity contribution in [2.45, 2.75) is 163 Å². The third-order valence-corrected chi connectivity index (χ3v) is 31.1. The monoisotopic (exact) mass is 2150 g/mol. The van der Waals surface area contributed by atoms with Crippen LogP contribution in [0.2, 0.25) is 0 Å². The number of hydrogen-bond donors (Lipinski definition) is 3. The molecule has 2 aliphatic carbocycles. The normalized spacial score (nSPS) is 13.0. The van der Waals surface area contributed by atoms with Gasteiger partial charge in [-0.2, -0.15) is 10.4 Å². The van der Waals surface area contributed by atoms with E-state index in [0.29, 0.717) is 36.0 Å². The van der Waals surface area contributed by atoms with Gasteiger partial charge in [-0.25, -0.2) is 104 Å². The molecule has 56 heteroatoms. The zero-order valence-corrected chi connectivity index (χ0v) is 86.3. The van der Waals surface area contributed by atoms with Crippen molar-refractivity contribution in [1.29, 1.82) is 0 Å². The van der Waals surface area contributed by atoms with Gasteiger partial charge in [0.05, 0.1) is 49.7 Å². The van der Waals surface area contributed by atoms with Crippen LogP contribution >= 0.6 is 106 Å². The number of aryl methyl sites for hydroxylation is 3. The number of imidazole rings is 2. The predicted molar refractivity (Wildman–Crippen MR) is 561 cm³/mol. The molecule has 24 aromatic rings. The molecule has 3 fully saturated rings. The molecule has 3 N–H and O–H groups in total. The lowest BCUT2D eigenvalue weighted by atomic mass is 10.0. The van der Waals surface area contributed by atoms with Crippen LogP contribution in [-0.2, 0) is 25.9 Å². The van der Waals surface area contributed by atoms with Gasteiger partial charge in [0.15, 0.2) is 15.5 Å². The molecule has 744 valence electrons. The third-order valence-electron chi connectivity index (χ3n) is 21.4. The van der Waals surface area contributed by atoms with Crippen molar-refractivity contribution in [2.24, 2.45) is 21.1 Å². The fraction of sp³-hybridized carbons (Fsp3) is 0.204. The molecule has 1 aliphatic heterocycles. The molecule has 25 heterocycles. The summed E-state index contributed by atoms with van der Waals surface area (Å²) in [5, 5.41) is 60.0. The molecule has 149 heavy (non-hydrogen) atoms. The Balaban J connectivity index is 0.000000105. The largest absolute Gasteiger partial charge is 0.381 e. The average Bonchev–Trinajstić information content (AvgIpc) is 1.20. The smallest absolute Gasteiger partial charge is 0.237 e. The van der Waals surface area contributed by atoms with Crippen LogP contribution in [0.3, 0.4) is 0 Å². The van der Waals surface area contributed by atoms with Crippen LogP contribution in [0.25, 0.3) is 99.3 Å². The van der Waals surface area contributed by atoms with E-state index >= 15 is 0 Å². The quantitative estimate of drug-likeness (QED) is 0.0672. The summed E-state index contributed by atoms with van der Waals surface area (Å²) in [6.07, 6.45) is 52.8. The lowest BCUT2D eigenvalue weighted by Crippen LogP contribution is -2.17. The Labute approximate surface area is 883 Å². The lowest BCUT2D eigenvalue weighted by molar-refractivity contribution is 0.1000. The number of nitrogens with one attached hydrogen (secondary N) is 3. The number of H-pyrrole nitrogens is 3. The van der Waals surface area contributed by atoms with E-state index in [0.717, 1.165) is 181 Å². The van der Waals surface area contributed by atoms with E-state index in [1.807, 2.05) is 175 Å². The predicted octanol–water partition coefficient (Wildman–Crippen LogP) is 16.0.